The number of aromatic nitrogens is 1. The van der Waals surface area contributed by atoms with Crippen LogP contribution in [-0.2, 0) is 10.0 Å². The lowest BCUT2D eigenvalue weighted by atomic mass is 9.89. The van der Waals surface area contributed by atoms with Gasteiger partial charge in [-0.3, -0.25) is 0 Å². The first-order chi connectivity index (χ1) is 14.5. The molecule has 0 amide bonds. The number of fused-ring (bicyclic) bond motifs is 2. The van der Waals surface area contributed by atoms with Gasteiger partial charge in [-0.25, -0.2) is 13.1 Å². The zero-order valence-corrected chi connectivity index (χ0v) is 17.4. The van der Waals surface area contributed by atoms with E-state index in [0.717, 1.165) is 27.6 Å². The molecule has 1 aliphatic carbocycles. The Morgan fingerprint density at radius 3 is 2.43 bits per heavy atom. The smallest absolute Gasteiger partial charge is 0.241 e. The predicted molar refractivity (Wildman–Crippen MR) is 121 cm³/mol. The third kappa shape index (κ3) is 3.26. The van der Waals surface area contributed by atoms with Crippen molar-refractivity contribution in [2.24, 2.45) is 0 Å². The van der Waals surface area contributed by atoms with E-state index in [0.29, 0.717) is 0 Å². The monoisotopic (exact) mass is 414 g/mol. The Hall–Kier alpha value is -3.15. The zero-order chi connectivity index (χ0) is 20.7. The Labute approximate surface area is 176 Å². The summed E-state index contributed by atoms with van der Waals surface area (Å²) in [5.74, 6) is 0. The SMILES string of the molecule is Cc1ccc(S(=O)(=O)NC2c3ccccc3C=CC2n2ccc3ccccc32)cc1. The van der Waals surface area contributed by atoms with Crippen LogP contribution in [-0.4, -0.2) is 13.0 Å². The van der Waals surface area contributed by atoms with Crippen LogP contribution in [0.3, 0.4) is 0 Å². The normalized spacial score (nSPS) is 18.4. The molecule has 0 bridgehead atoms. The molecule has 5 heteroatoms. The van der Waals surface area contributed by atoms with E-state index in [2.05, 4.69) is 39.6 Å². The van der Waals surface area contributed by atoms with Gasteiger partial charge in [-0.05, 0) is 47.7 Å². The minimum Gasteiger partial charge on any atom is -0.339 e. The van der Waals surface area contributed by atoms with Gasteiger partial charge in [0.1, 0.15) is 0 Å². The Bertz CT molecular complexity index is 1350. The Balaban J connectivity index is 1.61. The number of para-hydroxylation sites is 1. The van der Waals surface area contributed by atoms with Gasteiger partial charge in [0.25, 0.3) is 0 Å². The van der Waals surface area contributed by atoms with Crippen molar-refractivity contribution in [2.75, 3.05) is 0 Å². The van der Waals surface area contributed by atoms with Crippen LogP contribution >= 0.6 is 0 Å². The molecule has 0 spiro atoms. The lowest BCUT2D eigenvalue weighted by Crippen LogP contribution is -2.35. The van der Waals surface area contributed by atoms with Crippen LogP contribution < -0.4 is 4.72 Å². The topological polar surface area (TPSA) is 51.1 Å². The summed E-state index contributed by atoms with van der Waals surface area (Å²) in [5, 5.41) is 1.13. The average Bonchev–Trinajstić information content (AvgIpc) is 3.18. The number of aryl methyl sites for hydroxylation is 1. The molecule has 4 nitrogen and oxygen atoms in total. The van der Waals surface area contributed by atoms with Crippen molar-refractivity contribution in [3.8, 4) is 0 Å². The van der Waals surface area contributed by atoms with Crippen LogP contribution in [0.15, 0.2) is 96.0 Å². The lowest BCUT2D eigenvalue weighted by molar-refractivity contribution is 0.463. The van der Waals surface area contributed by atoms with E-state index in [1.807, 2.05) is 61.7 Å². The fraction of sp³-hybridized carbons (Fsp3) is 0.120. The third-order valence-corrected chi connectivity index (χ3v) is 7.17. The molecule has 2 atom stereocenters. The highest BCUT2D eigenvalue weighted by Crippen LogP contribution is 2.38. The molecule has 1 aromatic heterocycles. The molecule has 2 unspecified atom stereocenters. The first kappa shape index (κ1) is 18.9. The van der Waals surface area contributed by atoms with Crippen LogP contribution in [0, 0.1) is 6.92 Å². The number of hydrogen-bond acceptors (Lipinski definition) is 2. The Kier molecular flexibility index (Phi) is 4.57. The maximum Gasteiger partial charge on any atom is 0.241 e. The molecule has 150 valence electrons. The fourth-order valence-electron chi connectivity index (χ4n) is 4.15. The number of sulfonamides is 1. The molecule has 1 heterocycles. The summed E-state index contributed by atoms with van der Waals surface area (Å²) in [5.41, 5.74) is 4.10. The summed E-state index contributed by atoms with van der Waals surface area (Å²) in [6, 6.07) is 24.5. The summed E-state index contributed by atoms with van der Waals surface area (Å²) in [4.78, 5) is 0.274. The first-order valence-electron chi connectivity index (χ1n) is 9.95. The highest BCUT2D eigenvalue weighted by molar-refractivity contribution is 7.89. The minimum absolute atomic E-state index is 0.181. The van der Waals surface area contributed by atoms with Crippen molar-refractivity contribution < 1.29 is 8.42 Å². The van der Waals surface area contributed by atoms with Gasteiger partial charge in [0, 0.05) is 11.7 Å². The number of nitrogens with one attached hydrogen (secondary N) is 1. The first-order valence-corrected chi connectivity index (χ1v) is 11.4. The largest absolute Gasteiger partial charge is 0.339 e. The number of benzene rings is 3. The van der Waals surface area contributed by atoms with Crippen molar-refractivity contribution in [2.45, 2.75) is 23.9 Å². The van der Waals surface area contributed by atoms with E-state index in [-0.39, 0.29) is 10.9 Å². The maximum atomic E-state index is 13.3. The van der Waals surface area contributed by atoms with Crippen LogP contribution in [0.4, 0.5) is 0 Å². The molecular formula is C25H22N2O2S. The molecule has 0 saturated carbocycles. The van der Waals surface area contributed by atoms with E-state index in [1.54, 1.807) is 12.1 Å². The molecule has 30 heavy (non-hydrogen) atoms. The summed E-state index contributed by atoms with van der Waals surface area (Å²) in [7, 11) is -3.69. The van der Waals surface area contributed by atoms with Crippen LogP contribution in [0.1, 0.15) is 28.8 Å². The molecule has 4 aromatic rings. The van der Waals surface area contributed by atoms with Crippen molar-refractivity contribution >= 4 is 27.0 Å². The second-order valence-electron chi connectivity index (χ2n) is 7.67. The van der Waals surface area contributed by atoms with E-state index < -0.39 is 16.1 Å². The van der Waals surface area contributed by atoms with Gasteiger partial charge in [-0.1, -0.05) is 72.3 Å². The van der Waals surface area contributed by atoms with E-state index in [1.165, 1.54) is 0 Å². The zero-order valence-electron chi connectivity index (χ0n) is 16.6. The van der Waals surface area contributed by atoms with Crippen LogP contribution in [0.5, 0.6) is 0 Å². The van der Waals surface area contributed by atoms with Gasteiger partial charge >= 0.3 is 0 Å². The van der Waals surface area contributed by atoms with Crippen molar-refractivity contribution in [3.05, 3.63) is 108 Å². The average molecular weight is 415 g/mol. The molecule has 3 aromatic carbocycles. The van der Waals surface area contributed by atoms with Gasteiger partial charge in [0.2, 0.25) is 10.0 Å². The molecule has 0 saturated heterocycles. The lowest BCUT2D eigenvalue weighted by Gasteiger charge is -2.32. The van der Waals surface area contributed by atoms with Crippen molar-refractivity contribution in [1.29, 1.82) is 0 Å². The fourth-order valence-corrected chi connectivity index (χ4v) is 5.38. The van der Waals surface area contributed by atoms with E-state index >= 15 is 0 Å². The van der Waals surface area contributed by atoms with Crippen molar-refractivity contribution in [3.63, 3.8) is 0 Å². The van der Waals surface area contributed by atoms with Crippen LogP contribution in [0.2, 0.25) is 0 Å². The molecule has 1 aliphatic rings. The third-order valence-electron chi connectivity index (χ3n) is 5.71. The quantitative estimate of drug-likeness (QED) is 0.497. The Morgan fingerprint density at radius 1 is 0.867 bits per heavy atom. The molecule has 0 fully saturated rings. The standard InChI is InChI=1S/C25H22N2O2S/c1-18-10-13-21(14-11-18)30(28,29)26-25-22-8-4-2-6-19(22)12-15-24(25)27-17-16-20-7-3-5-9-23(20)27/h2-17,24-26H,1H3. The number of rotatable bonds is 4. The summed E-state index contributed by atoms with van der Waals surface area (Å²) in [6.45, 7) is 1.94. The second-order valence-corrected chi connectivity index (χ2v) is 9.39. The molecular weight excluding hydrogens is 392 g/mol. The van der Waals surface area contributed by atoms with E-state index in [9.17, 15) is 8.42 Å². The van der Waals surface area contributed by atoms with Gasteiger partial charge in [0.05, 0.1) is 17.0 Å². The van der Waals surface area contributed by atoms with Gasteiger partial charge in [-0.15, -0.1) is 0 Å². The summed E-state index contributed by atoms with van der Waals surface area (Å²) in [6.07, 6.45) is 6.18. The predicted octanol–water partition coefficient (Wildman–Crippen LogP) is 5.24. The second kappa shape index (κ2) is 7.27. The molecule has 0 radical (unpaired) electrons. The molecule has 0 aliphatic heterocycles. The number of hydrogen-bond donors (Lipinski definition) is 1. The van der Waals surface area contributed by atoms with Crippen LogP contribution in [0.25, 0.3) is 17.0 Å². The minimum atomic E-state index is -3.69. The van der Waals surface area contributed by atoms with E-state index in [4.69, 9.17) is 0 Å². The summed E-state index contributed by atoms with van der Waals surface area (Å²) < 4.78 is 31.6. The highest BCUT2D eigenvalue weighted by Gasteiger charge is 2.32. The Morgan fingerprint density at radius 2 is 1.60 bits per heavy atom. The molecule has 1 N–H and O–H groups in total. The maximum absolute atomic E-state index is 13.3. The highest BCUT2D eigenvalue weighted by atomic mass is 32.2. The van der Waals surface area contributed by atoms with Gasteiger partial charge < -0.3 is 4.57 Å². The number of nitrogens with zero attached hydrogens (tertiary/aromatic N) is 1. The van der Waals surface area contributed by atoms with Gasteiger partial charge in [-0.2, -0.15) is 0 Å². The molecule has 5 rings (SSSR count). The summed E-state index contributed by atoms with van der Waals surface area (Å²) >= 11 is 0. The van der Waals surface area contributed by atoms with Crippen molar-refractivity contribution in [1.82, 2.24) is 9.29 Å². The van der Waals surface area contributed by atoms with Gasteiger partial charge in [0.15, 0.2) is 0 Å².